The lowest BCUT2D eigenvalue weighted by atomic mass is 10.3. The third-order valence-corrected chi connectivity index (χ3v) is 2.02. The maximum Gasteiger partial charge on any atom is 0.275 e. The van der Waals surface area contributed by atoms with Crippen LogP contribution in [-0.4, -0.2) is 45.9 Å². The molecule has 0 atom stereocenters. The largest absolute Gasteiger partial charge is 0.339 e. The quantitative estimate of drug-likeness (QED) is 0.704. The highest BCUT2D eigenvalue weighted by molar-refractivity contribution is 5.91. The number of carbonyl (C=O) groups is 1. The molecule has 0 unspecified atom stereocenters. The summed E-state index contributed by atoms with van der Waals surface area (Å²) in [6.07, 6.45) is 1.86. The van der Waals surface area contributed by atoms with E-state index in [2.05, 4.69) is 10.3 Å². The second-order valence-electron chi connectivity index (χ2n) is 3.29. The first-order chi connectivity index (χ1) is 7.69. The number of aromatic nitrogens is 3. The monoisotopic (exact) mass is 222 g/mol. The van der Waals surface area contributed by atoms with E-state index in [0.717, 1.165) is 0 Å². The third-order valence-electron chi connectivity index (χ3n) is 2.02. The van der Waals surface area contributed by atoms with Gasteiger partial charge in [0, 0.05) is 20.1 Å². The summed E-state index contributed by atoms with van der Waals surface area (Å²) in [5.74, 6) is -0.237. The summed E-state index contributed by atoms with van der Waals surface area (Å²) < 4.78 is 1.52. The van der Waals surface area contributed by atoms with Crippen molar-refractivity contribution >= 4 is 5.91 Å². The van der Waals surface area contributed by atoms with Crippen molar-refractivity contribution in [1.29, 1.82) is 5.26 Å². The van der Waals surface area contributed by atoms with Gasteiger partial charge in [0.1, 0.15) is 0 Å². The molecule has 2 N–H and O–H groups in total. The Balaban J connectivity index is 2.61. The van der Waals surface area contributed by atoms with Gasteiger partial charge in [-0.15, -0.1) is 5.10 Å². The molecule has 16 heavy (non-hydrogen) atoms. The first-order valence-corrected chi connectivity index (χ1v) is 4.91. The Morgan fingerprint density at radius 3 is 3.12 bits per heavy atom. The van der Waals surface area contributed by atoms with Gasteiger partial charge in [-0.2, -0.15) is 5.26 Å². The Hall–Kier alpha value is -1.94. The first kappa shape index (κ1) is 12.1. The molecule has 86 valence electrons. The van der Waals surface area contributed by atoms with Gasteiger partial charge in [0.2, 0.25) is 0 Å². The van der Waals surface area contributed by atoms with E-state index in [1.807, 2.05) is 6.07 Å². The molecular formula is C9H14N6O. The van der Waals surface area contributed by atoms with Gasteiger partial charge in [-0.25, -0.2) is 0 Å². The van der Waals surface area contributed by atoms with Gasteiger partial charge in [-0.3, -0.25) is 9.48 Å². The molecule has 1 aromatic heterocycles. The Morgan fingerprint density at radius 2 is 2.50 bits per heavy atom. The van der Waals surface area contributed by atoms with Crippen LogP contribution in [-0.2, 0) is 6.54 Å². The van der Waals surface area contributed by atoms with E-state index in [9.17, 15) is 4.79 Å². The zero-order valence-electron chi connectivity index (χ0n) is 9.13. The Labute approximate surface area is 93.4 Å². The molecule has 0 saturated carbocycles. The van der Waals surface area contributed by atoms with Crippen molar-refractivity contribution in [3.8, 4) is 6.07 Å². The van der Waals surface area contributed by atoms with Crippen molar-refractivity contribution in [2.45, 2.75) is 13.0 Å². The van der Waals surface area contributed by atoms with Crippen LogP contribution in [0.5, 0.6) is 0 Å². The molecule has 0 aromatic carbocycles. The minimum absolute atomic E-state index is 0.237. The second-order valence-corrected chi connectivity index (χ2v) is 3.29. The van der Waals surface area contributed by atoms with E-state index in [4.69, 9.17) is 11.0 Å². The third kappa shape index (κ3) is 3.03. The number of carbonyl (C=O) groups excluding carboxylic acids is 1. The minimum Gasteiger partial charge on any atom is -0.339 e. The molecule has 1 rings (SSSR count). The molecule has 0 aliphatic rings. The van der Waals surface area contributed by atoms with Gasteiger partial charge in [-0.1, -0.05) is 5.21 Å². The van der Waals surface area contributed by atoms with Crippen molar-refractivity contribution in [1.82, 2.24) is 19.9 Å². The highest BCUT2D eigenvalue weighted by Crippen LogP contribution is 1.99. The van der Waals surface area contributed by atoms with Gasteiger partial charge in [0.05, 0.1) is 25.2 Å². The van der Waals surface area contributed by atoms with E-state index < -0.39 is 0 Å². The van der Waals surface area contributed by atoms with Gasteiger partial charge < -0.3 is 10.6 Å². The van der Waals surface area contributed by atoms with Crippen molar-refractivity contribution in [3.63, 3.8) is 0 Å². The van der Waals surface area contributed by atoms with Crippen molar-refractivity contribution in [2.24, 2.45) is 5.73 Å². The lowest BCUT2D eigenvalue weighted by Gasteiger charge is -2.12. The van der Waals surface area contributed by atoms with Crippen LogP contribution in [0.3, 0.4) is 0 Å². The van der Waals surface area contributed by atoms with Crippen LogP contribution in [0, 0.1) is 11.3 Å². The fourth-order valence-corrected chi connectivity index (χ4v) is 1.15. The van der Waals surface area contributed by atoms with Gasteiger partial charge in [0.25, 0.3) is 5.91 Å². The molecule has 1 aromatic rings. The van der Waals surface area contributed by atoms with Crippen LogP contribution in [0.25, 0.3) is 0 Å². The molecular weight excluding hydrogens is 208 g/mol. The smallest absolute Gasteiger partial charge is 0.275 e. The molecule has 0 fully saturated rings. The zero-order chi connectivity index (χ0) is 12.0. The van der Waals surface area contributed by atoms with Crippen LogP contribution in [0.4, 0.5) is 0 Å². The average Bonchev–Trinajstić information content (AvgIpc) is 2.74. The summed E-state index contributed by atoms with van der Waals surface area (Å²) in [6, 6.07) is 1.98. The predicted molar refractivity (Wildman–Crippen MR) is 56.3 cm³/mol. The van der Waals surface area contributed by atoms with E-state index in [1.54, 1.807) is 13.2 Å². The minimum atomic E-state index is -0.237. The van der Waals surface area contributed by atoms with E-state index in [0.29, 0.717) is 26.1 Å². The summed E-state index contributed by atoms with van der Waals surface area (Å²) >= 11 is 0. The second kappa shape index (κ2) is 5.82. The van der Waals surface area contributed by atoms with Crippen molar-refractivity contribution in [2.75, 3.05) is 20.1 Å². The molecule has 0 bridgehead atoms. The standard InChI is InChI=1S/C9H14N6O/c1-14(5-2-3-10)9(16)8-7-15(6-4-11)13-12-8/h7H,2,4-6,11H2,1H3. The molecule has 0 aliphatic carbocycles. The van der Waals surface area contributed by atoms with Gasteiger partial charge >= 0.3 is 0 Å². The van der Waals surface area contributed by atoms with Gasteiger partial charge in [0.15, 0.2) is 5.69 Å². The highest BCUT2D eigenvalue weighted by atomic mass is 16.2. The lowest BCUT2D eigenvalue weighted by molar-refractivity contribution is 0.0792. The summed E-state index contributed by atoms with van der Waals surface area (Å²) in [4.78, 5) is 13.2. The van der Waals surface area contributed by atoms with Crippen molar-refractivity contribution < 1.29 is 4.79 Å². The fourth-order valence-electron chi connectivity index (χ4n) is 1.15. The van der Waals surface area contributed by atoms with Crippen LogP contribution in [0.2, 0.25) is 0 Å². The normalized spacial score (nSPS) is 9.81. The van der Waals surface area contributed by atoms with E-state index in [-0.39, 0.29) is 11.6 Å². The molecule has 0 aliphatic heterocycles. The zero-order valence-corrected chi connectivity index (χ0v) is 9.13. The summed E-state index contributed by atoms with van der Waals surface area (Å²) in [7, 11) is 1.63. The summed E-state index contributed by atoms with van der Waals surface area (Å²) in [5, 5.41) is 15.9. The van der Waals surface area contributed by atoms with Crippen molar-refractivity contribution in [3.05, 3.63) is 11.9 Å². The SMILES string of the molecule is CN(CCC#N)C(=O)c1cn(CCN)nn1. The fraction of sp³-hybridized carbons (Fsp3) is 0.556. The van der Waals surface area contributed by atoms with Crippen LogP contribution >= 0.6 is 0 Å². The van der Waals surface area contributed by atoms with Crippen LogP contribution in [0.15, 0.2) is 6.20 Å². The van der Waals surface area contributed by atoms with E-state index in [1.165, 1.54) is 9.58 Å². The maximum atomic E-state index is 11.7. The number of hydrogen-bond donors (Lipinski definition) is 1. The number of nitriles is 1. The highest BCUT2D eigenvalue weighted by Gasteiger charge is 2.14. The summed E-state index contributed by atoms with van der Waals surface area (Å²) in [6.45, 7) is 1.36. The Kier molecular flexibility index (Phi) is 4.42. The summed E-state index contributed by atoms with van der Waals surface area (Å²) in [5.41, 5.74) is 5.62. The maximum absolute atomic E-state index is 11.7. The van der Waals surface area contributed by atoms with Gasteiger partial charge in [-0.05, 0) is 0 Å². The Bertz CT molecular complexity index is 393. The molecule has 7 nitrogen and oxygen atoms in total. The molecule has 0 radical (unpaired) electrons. The number of hydrogen-bond acceptors (Lipinski definition) is 5. The molecule has 7 heteroatoms. The number of amides is 1. The molecule has 0 spiro atoms. The predicted octanol–water partition coefficient (Wildman–Crippen LogP) is -0.778. The van der Waals surface area contributed by atoms with E-state index >= 15 is 0 Å². The number of nitrogens with two attached hydrogens (primary N) is 1. The average molecular weight is 222 g/mol. The number of nitrogens with zero attached hydrogens (tertiary/aromatic N) is 5. The molecule has 0 saturated heterocycles. The van der Waals surface area contributed by atoms with Crippen LogP contribution in [0.1, 0.15) is 16.9 Å². The lowest BCUT2D eigenvalue weighted by Crippen LogP contribution is -2.27. The van der Waals surface area contributed by atoms with Crippen LogP contribution < -0.4 is 5.73 Å². The number of rotatable bonds is 5. The molecule has 1 heterocycles. The first-order valence-electron chi connectivity index (χ1n) is 4.91. The topological polar surface area (TPSA) is 101 Å². The Morgan fingerprint density at radius 1 is 1.75 bits per heavy atom. The molecule has 1 amide bonds.